The predicted molar refractivity (Wildman–Crippen MR) is 268 cm³/mol. The van der Waals surface area contributed by atoms with Gasteiger partial charge in [-0.15, -0.1) is 0 Å². The minimum Gasteiger partial charge on any atom is -0.311 e. The first kappa shape index (κ1) is 39.3. The molecule has 0 radical (unpaired) electrons. The van der Waals surface area contributed by atoms with Gasteiger partial charge < -0.3 is 4.90 Å². The quantitative estimate of drug-likeness (QED) is 0.141. The van der Waals surface area contributed by atoms with Crippen molar-refractivity contribution in [2.75, 3.05) is 4.90 Å². The van der Waals surface area contributed by atoms with Gasteiger partial charge in [-0.05, 0) is 103 Å². The molecule has 0 aliphatic carbocycles. The first-order valence-electron chi connectivity index (χ1n) is 22.0. The molecule has 0 fully saturated rings. The number of rotatable bonds is 8. The number of para-hydroxylation sites is 2. The Hall–Kier alpha value is -5.81. The van der Waals surface area contributed by atoms with Gasteiger partial charge in [0, 0.05) is 26.9 Å². The molecule has 0 bridgehead atoms. The van der Waals surface area contributed by atoms with Gasteiger partial charge in [0.1, 0.15) is 0 Å². The summed E-state index contributed by atoms with van der Waals surface area (Å²) in [5.74, 6) is 1.32. The van der Waals surface area contributed by atoms with Gasteiger partial charge in [-0.1, -0.05) is 221 Å². The van der Waals surface area contributed by atoms with Crippen LogP contribution >= 0.6 is 11.8 Å². The number of nitrogens with zero attached hydrogens (tertiary/aromatic N) is 1. The molecule has 0 N–H and O–H groups in total. The van der Waals surface area contributed by atoms with Crippen LogP contribution in [0.4, 0.5) is 17.1 Å². The highest BCUT2D eigenvalue weighted by Gasteiger charge is 2.48. The van der Waals surface area contributed by atoms with Gasteiger partial charge in [0.25, 0.3) is 0 Å². The highest BCUT2D eigenvalue weighted by molar-refractivity contribution is 8.00. The van der Waals surface area contributed by atoms with E-state index in [0.717, 1.165) is 0 Å². The van der Waals surface area contributed by atoms with Crippen molar-refractivity contribution in [1.29, 1.82) is 0 Å². The third kappa shape index (κ3) is 6.54. The SMILES string of the molecule is CC(C)c1cc(C(C)C)c(B2c3ccccc3Sc3cc(-c4ccc(N5c6ccccc6[Si](c6ccccc6)(c6ccccc6)c6ccccc65)cc4)ccc32)c(C(C)C)c1. The van der Waals surface area contributed by atoms with Crippen molar-refractivity contribution in [3.05, 3.63) is 205 Å². The average Bonchev–Trinajstić information content (AvgIpc) is 3.30. The second-order valence-electron chi connectivity index (χ2n) is 17.8. The van der Waals surface area contributed by atoms with Gasteiger partial charge in [0.05, 0.1) is 0 Å². The summed E-state index contributed by atoms with van der Waals surface area (Å²) in [6.45, 7) is 14.3. The van der Waals surface area contributed by atoms with Crippen LogP contribution in [-0.4, -0.2) is 14.8 Å². The second-order valence-corrected chi connectivity index (χ2v) is 22.6. The molecule has 0 saturated heterocycles. The Balaban J connectivity index is 1.08. The van der Waals surface area contributed by atoms with Gasteiger partial charge in [0.2, 0.25) is 6.71 Å². The van der Waals surface area contributed by atoms with Gasteiger partial charge in [0.15, 0.2) is 8.07 Å². The second kappa shape index (κ2) is 15.9. The molecular formula is C57H52BNSSi. The number of fused-ring (bicyclic) bond motifs is 4. The van der Waals surface area contributed by atoms with Crippen LogP contribution in [0.3, 0.4) is 0 Å². The monoisotopic (exact) mass is 821 g/mol. The standard InChI is InChI=1S/C57H52BNSSi/c1-38(2)43-35-47(39(3)4)57(48(36-43)40(5)6)58-49-23-13-16-26-53(49)60-54-37-42(31-34-50(54)58)41-29-32-44(33-30-41)59-51-24-14-17-27-55(51)61(45-19-9-7-10-20-45,46-21-11-8-12-22-46)56-28-18-15-25-52(56)59/h7-40H,1-6H3. The van der Waals surface area contributed by atoms with Crippen molar-refractivity contribution in [2.45, 2.75) is 69.1 Å². The number of hydrogen-bond acceptors (Lipinski definition) is 2. The molecule has 2 heterocycles. The van der Waals surface area contributed by atoms with Gasteiger partial charge in [-0.25, -0.2) is 0 Å². The Morgan fingerprint density at radius 3 is 1.49 bits per heavy atom. The lowest BCUT2D eigenvalue weighted by molar-refractivity contribution is 0.812. The van der Waals surface area contributed by atoms with Gasteiger partial charge in [-0.3, -0.25) is 0 Å². The first-order valence-corrected chi connectivity index (χ1v) is 24.9. The Labute approximate surface area is 368 Å². The normalized spacial score (nSPS) is 13.9. The van der Waals surface area contributed by atoms with E-state index >= 15 is 0 Å². The van der Waals surface area contributed by atoms with Crippen LogP contribution in [0.15, 0.2) is 198 Å². The molecule has 298 valence electrons. The lowest BCUT2D eigenvalue weighted by Gasteiger charge is -2.45. The third-order valence-corrected chi connectivity index (χ3v) is 19.2. The van der Waals surface area contributed by atoms with Crippen molar-refractivity contribution < 1.29 is 0 Å². The van der Waals surface area contributed by atoms with E-state index in [-0.39, 0.29) is 6.71 Å². The average molecular weight is 822 g/mol. The maximum atomic E-state index is 2.52. The maximum Gasteiger partial charge on any atom is 0.244 e. The summed E-state index contributed by atoms with van der Waals surface area (Å²) >= 11 is 1.93. The van der Waals surface area contributed by atoms with Crippen molar-refractivity contribution in [3.63, 3.8) is 0 Å². The Kier molecular flexibility index (Phi) is 10.3. The Morgan fingerprint density at radius 1 is 0.443 bits per heavy atom. The fourth-order valence-electron chi connectivity index (χ4n) is 10.3. The van der Waals surface area contributed by atoms with E-state index in [1.807, 2.05) is 11.8 Å². The highest BCUT2D eigenvalue weighted by atomic mass is 32.2. The van der Waals surface area contributed by atoms with Crippen LogP contribution in [0.25, 0.3) is 11.1 Å². The van der Waals surface area contributed by atoms with Gasteiger partial charge in [-0.2, -0.15) is 0 Å². The molecule has 0 saturated carbocycles. The first-order chi connectivity index (χ1) is 29.8. The molecule has 2 aliphatic heterocycles. The van der Waals surface area contributed by atoms with Crippen LogP contribution in [0.2, 0.25) is 0 Å². The lowest BCUT2D eigenvalue weighted by Crippen LogP contribution is -2.77. The molecule has 0 unspecified atom stereocenters. The van der Waals surface area contributed by atoms with Crippen LogP contribution in [0, 0.1) is 0 Å². The summed E-state index contributed by atoms with van der Waals surface area (Å²) in [4.78, 5) is 5.21. The fraction of sp³-hybridized carbons (Fsp3) is 0.158. The van der Waals surface area contributed by atoms with Crippen molar-refractivity contribution >= 4 is 80.7 Å². The Morgan fingerprint density at radius 2 is 0.934 bits per heavy atom. The van der Waals surface area contributed by atoms with Crippen molar-refractivity contribution in [1.82, 2.24) is 0 Å². The molecule has 8 aromatic carbocycles. The van der Waals surface area contributed by atoms with E-state index in [0.29, 0.717) is 17.8 Å². The third-order valence-electron chi connectivity index (χ3n) is 13.2. The molecule has 0 amide bonds. The van der Waals surface area contributed by atoms with Crippen LogP contribution < -0.4 is 42.0 Å². The predicted octanol–water partition coefficient (Wildman–Crippen LogP) is 10.9. The molecule has 10 rings (SSSR count). The minimum atomic E-state index is -2.66. The van der Waals surface area contributed by atoms with E-state index in [4.69, 9.17) is 0 Å². The minimum absolute atomic E-state index is 0.182. The zero-order valence-electron chi connectivity index (χ0n) is 36.1. The molecule has 0 aromatic heterocycles. The molecule has 1 nitrogen and oxygen atoms in total. The topological polar surface area (TPSA) is 3.24 Å². The highest BCUT2D eigenvalue weighted by Crippen LogP contribution is 2.40. The summed E-state index contributed by atoms with van der Waals surface area (Å²) in [5, 5.41) is 5.63. The molecule has 8 aromatic rings. The Bertz CT molecular complexity index is 2770. The summed E-state index contributed by atoms with van der Waals surface area (Å²) < 4.78 is 0. The number of benzene rings is 8. The smallest absolute Gasteiger partial charge is 0.244 e. The van der Waals surface area contributed by atoms with Crippen LogP contribution in [0.5, 0.6) is 0 Å². The summed E-state index contributed by atoms with van der Waals surface area (Å²) in [6, 6.07) is 71.5. The molecule has 4 heteroatoms. The maximum absolute atomic E-state index is 2.66. The van der Waals surface area contributed by atoms with E-state index < -0.39 is 8.07 Å². The van der Waals surface area contributed by atoms with E-state index in [2.05, 4.69) is 234 Å². The van der Waals surface area contributed by atoms with E-state index in [9.17, 15) is 0 Å². The summed E-state index contributed by atoms with van der Waals surface area (Å²) in [5.41, 5.74) is 14.9. The zero-order valence-corrected chi connectivity index (χ0v) is 37.9. The fourth-order valence-corrected chi connectivity index (χ4v) is 16.6. The van der Waals surface area contributed by atoms with Gasteiger partial charge >= 0.3 is 0 Å². The van der Waals surface area contributed by atoms with Crippen LogP contribution in [0.1, 0.15) is 76.0 Å². The molecule has 0 spiro atoms. The largest absolute Gasteiger partial charge is 0.311 e. The van der Waals surface area contributed by atoms with Crippen molar-refractivity contribution in [3.8, 4) is 11.1 Å². The summed E-state index contributed by atoms with van der Waals surface area (Å²) in [6.07, 6.45) is 0. The van der Waals surface area contributed by atoms with Crippen molar-refractivity contribution in [2.24, 2.45) is 0 Å². The number of anilines is 3. The summed E-state index contributed by atoms with van der Waals surface area (Å²) in [7, 11) is -2.66. The molecule has 2 aliphatic rings. The number of hydrogen-bond donors (Lipinski definition) is 0. The lowest BCUT2D eigenvalue weighted by atomic mass is 9.34. The molecular weight excluding hydrogens is 770 g/mol. The molecule has 61 heavy (non-hydrogen) atoms. The van der Waals surface area contributed by atoms with E-state index in [1.165, 1.54) is 91.8 Å². The molecule has 0 atom stereocenters. The van der Waals surface area contributed by atoms with Crippen LogP contribution in [-0.2, 0) is 0 Å². The van der Waals surface area contributed by atoms with E-state index in [1.54, 1.807) is 0 Å². The zero-order chi connectivity index (χ0) is 41.8.